The fourth-order valence-corrected chi connectivity index (χ4v) is 1.78. The second-order valence-corrected chi connectivity index (χ2v) is 4.36. The molecule has 14 heavy (non-hydrogen) atoms. The van der Waals surface area contributed by atoms with Crippen LogP contribution in [0.25, 0.3) is 11.5 Å². The summed E-state index contributed by atoms with van der Waals surface area (Å²) in [7, 11) is 0. The standard InChI is InChI=1S/C8H3BrFIN2O/c9-5-1-4(2-6(10)3-5)7-12-13-8(11)14-7/h1-3H. The summed E-state index contributed by atoms with van der Waals surface area (Å²) in [6, 6.07) is 4.42. The Hall–Kier alpha value is -0.500. The predicted octanol–water partition coefficient (Wildman–Crippen LogP) is 3.24. The molecule has 0 atom stereocenters. The van der Waals surface area contributed by atoms with Crippen molar-refractivity contribution in [3.8, 4) is 11.5 Å². The third kappa shape index (κ3) is 2.11. The summed E-state index contributed by atoms with van der Waals surface area (Å²) in [5.74, 6) is -0.0304. The van der Waals surface area contributed by atoms with Gasteiger partial charge in [-0.3, -0.25) is 0 Å². The van der Waals surface area contributed by atoms with Gasteiger partial charge in [0.25, 0.3) is 3.90 Å². The molecule has 2 aromatic rings. The first-order valence-corrected chi connectivity index (χ1v) is 5.48. The van der Waals surface area contributed by atoms with Gasteiger partial charge < -0.3 is 4.42 Å². The lowest BCUT2D eigenvalue weighted by molar-refractivity contribution is 0.536. The SMILES string of the molecule is Fc1cc(Br)cc(-c2nnc(I)o2)c1. The third-order valence-electron chi connectivity index (χ3n) is 1.51. The number of aromatic nitrogens is 2. The highest BCUT2D eigenvalue weighted by molar-refractivity contribution is 14.1. The summed E-state index contributed by atoms with van der Waals surface area (Å²) in [5, 5.41) is 7.44. The highest BCUT2D eigenvalue weighted by Gasteiger charge is 2.08. The fraction of sp³-hybridized carbons (Fsp3) is 0. The van der Waals surface area contributed by atoms with Crippen molar-refractivity contribution in [3.05, 3.63) is 32.4 Å². The molecule has 1 heterocycles. The molecule has 0 saturated heterocycles. The molecule has 2 rings (SSSR count). The maximum atomic E-state index is 13.0. The van der Waals surface area contributed by atoms with Crippen LogP contribution in [0.4, 0.5) is 4.39 Å². The smallest absolute Gasteiger partial charge is 0.278 e. The van der Waals surface area contributed by atoms with E-state index in [9.17, 15) is 4.39 Å². The van der Waals surface area contributed by atoms with Crippen molar-refractivity contribution >= 4 is 38.5 Å². The van der Waals surface area contributed by atoms with Crippen LogP contribution in [0.15, 0.2) is 27.1 Å². The van der Waals surface area contributed by atoms with Gasteiger partial charge in [0, 0.05) is 32.6 Å². The first kappa shape index (κ1) is 10.0. The van der Waals surface area contributed by atoms with Crippen LogP contribution in [0.3, 0.4) is 0 Å². The van der Waals surface area contributed by atoms with Crippen molar-refractivity contribution in [1.29, 1.82) is 0 Å². The highest BCUT2D eigenvalue weighted by Crippen LogP contribution is 2.23. The summed E-state index contributed by atoms with van der Waals surface area (Å²) in [4.78, 5) is 0. The van der Waals surface area contributed by atoms with Crippen LogP contribution in [0.5, 0.6) is 0 Å². The van der Waals surface area contributed by atoms with Gasteiger partial charge in [0.2, 0.25) is 5.89 Å². The van der Waals surface area contributed by atoms with Crippen LogP contribution >= 0.6 is 38.5 Å². The van der Waals surface area contributed by atoms with E-state index in [1.165, 1.54) is 12.1 Å². The van der Waals surface area contributed by atoms with Gasteiger partial charge in [-0.05, 0) is 18.2 Å². The van der Waals surface area contributed by atoms with Crippen LogP contribution in [0, 0.1) is 9.71 Å². The summed E-state index contributed by atoms with van der Waals surface area (Å²) in [5.41, 5.74) is 0.562. The minimum absolute atomic E-state index is 0.314. The summed E-state index contributed by atoms with van der Waals surface area (Å²) >= 11 is 5.08. The molecule has 0 spiro atoms. The van der Waals surface area contributed by atoms with E-state index in [2.05, 4.69) is 26.1 Å². The van der Waals surface area contributed by atoms with E-state index in [0.717, 1.165) is 0 Å². The molecule has 72 valence electrons. The fourth-order valence-electron chi connectivity index (χ4n) is 0.999. The molecule has 0 amide bonds. The second kappa shape index (κ2) is 3.93. The van der Waals surface area contributed by atoms with E-state index >= 15 is 0 Å². The molecule has 0 radical (unpaired) electrons. The Morgan fingerprint density at radius 1 is 1.29 bits per heavy atom. The van der Waals surface area contributed by atoms with Gasteiger partial charge in [-0.1, -0.05) is 15.9 Å². The van der Waals surface area contributed by atoms with E-state index < -0.39 is 0 Å². The zero-order valence-electron chi connectivity index (χ0n) is 6.67. The molecule has 1 aromatic carbocycles. The number of nitrogens with zero attached hydrogens (tertiary/aromatic N) is 2. The molecule has 1 aromatic heterocycles. The molecule has 0 aliphatic carbocycles. The second-order valence-electron chi connectivity index (χ2n) is 2.52. The summed E-state index contributed by atoms with van der Waals surface area (Å²) in [6.07, 6.45) is 0. The first-order chi connectivity index (χ1) is 6.65. The molecule has 0 N–H and O–H groups in total. The molecule has 0 aliphatic rings. The number of halogens is 3. The van der Waals surface area contributed by atoms with Gasteiger partial charge in [0.1, 0.15) is 5.82 Å². The van der Waals surface area contributed by atoms with Crippen LogP contribution in [0.1, 0.15) is 0 Å². The molecule has 0 aliphatic heterocycles. The van der Waals surface area contributed by atoms with Crippen molar-refractivity contribution in [1.82, 2.24) is 10.2 Å². The zero-order chi connectivity index (χ0) is 10.1. The summed E-state index contributed by atoms with van der Waals surface area (Å²) < 4.78 is 19.2. The average molecular weight is 369 g/mol. The van der Waals surface area contributed by atoms with Crippen molar-refractivity contribution in [2.75, 3.05) is 0 Å². The Kier molecular flexibility index (Phi) is 2.82. The quantitative estimate of drug-likeness (QED) is 0.725. The number of hydrogen-bond donors (Lipinski definition) is 0. The molecule has 0 bridgehead atoms. The predicted molar refractivity (Wildman–Crippen MR) is 60.1 cm³/mol. The normalized spacial score (nSPS) is 10.5. The average Bonchev–Trinajstić information content (AvgIpc) is 2.50. The Morgan fingerprint density at radius 2 is 2.07 bits per heavy atom. The zero-order valence-corrected chi connectivity index (χ0v) is 10.4. The van der Waals surface area contributed by atoms with Crippen LogP contribution < -0.4 is 0 Å². The largest absolute Gasteiger partial charge is 0.412 e. The van der Waals surface area contributed by atoms with Gasteiger partial charge in [0.05, 0.1) is 0 Å². The van der Waals surface area contributed by atoms with Crippen molar-refractivity contribution in [2.45, 2.75) is 0 Å². The topological polar surface area (TPSA) is 38.9 Å². The van der Waals surface area contributed by atoms with Crippen LogP contribution in [0.2, 0.25) is 0 Å². The Bertz CT molecular complexity index is 454. The van der Waals surface area contributed by atoms with Gasteiger partial charge in [0.15, 0.2) is 0 Å². The van der Waals surface area contributed by atoms with Crippen LogP contribution in [-0.4, -0.2) is 10.2 Å². The van der Waals surface area contributed by atoms with Gasteiger partial charge >= 0.3 is 0 Å². The van der Waals surface area contributed by atoms with Crippen molar-refractivity contribution in [3.63, 3.8) is 0 Å². The lowest BCUT2D eigenvalue weighted by atomic mass is 10.2. The minimum Gasteiger partial charge on any atom is -0.412 e. The van der Waals surface area contributed by atoms with Gasteiger partial charge in [-0.2, -0.15) is 0 Å². The first-order valence-electron chi connectivity index (χ1n) is 3.60. The molecule has 0 unspecified atom stereocenters. The maximum Gasteiger partial charge on any atom is 0.278 e. The van der Waals surface area contributed by atoms with Gasteiger partial charge in [-0.15, -0.1) is 10.2 Å². The van der Waals surface area contributed by atoms with E-state index in [1.54, 1.807) is 6.07 Å². The minimum atomic E-state index is -0.345. The molecule has 0 fully saturated rings. The highest BCUT2D eigenvalue weighted by atomic mass is 127. The Labute approximate surface area is 101 Å². The Morgan fingerprint density at radius 3 is 2.64 bits per heavy atom. The Balaban J connectivity index is 2.51. The molecular formula is C8H3BrFIN2O. The monoisotopic (exact) mass is 368 g/mol. The lowest BCUT2D eigenvalue weighted by Crippen LogP contribution is -1.81. The van der Waals surface area contributed by atoms with E-state index in [4.69, 9.17) is 4.42 Å². The van der Waals surface area contributed by atoms with E-state index in [-0.39, 0.29) is 5.82 Å². The molecular weight excluding hydrogens is 366 g/mol. The van der Waals surface area contributed by atoms with Crippen LogP contribution in [-0.2, 0) is 0 Å². The van der Waals surface area contributed by atoms with Gasteiger partial charge in [-0.25, -0.2) is 4.39 Å². The van der Waals surface area contributed by atoms with E-state index in [1.807, 2.05) is 22.6 Å². The third-order valence-corrected chi connectivity index (χ3v) is 2.40. The summed E-state index contributed by atoms with van der Waals surface area (Å²) in [6.45, 7) is 0. The van der Waals surface area contributed by atoms with Crippen molar-refractivity contribution < 1.29 is 8.81 Å². The number of rotatable bonds is 1. The lowest BCUT2D eigenvalue weighted by Gasteiger charge is -1.96. The number of benzene rings is 1. The molecule has 0 saturated carbocycles. The number of hydrogen-bond acceptors (Lipinski definition) is 3. The van der Waals surface area contributed by atoms with Crippen molar-refractivity contribution in [2.24, 2.45) is 0 Å². The molecule has 3 nitrogen and oxygen atoms in total. The van der Waals surface area contributed by atoms with E-state index in [0.29, 0.717) is 19.8 Å². The maximum absolute atomic E-state index is 13.0. The molecule has 6 heteroatoms.